The number of rotatable bonds is 0. The van der Waals surface area contributed by atoms with E-state index < -0.39 is 0 Å². The molecule has 0 saturated carbocycles. The van der Waals surface area contributed by atoms with Gasteiger partial charge in [0.1, 0.15) is 0 Å². The fourth-order valence-electron chi connectivity index (χ4n) is 1.80. The predicted octanol–water partition coefficient (Wildman–Crippen LogP) is 0.100. The summed E-state index contributed by atoms with van der Waals surface area (Å²) in [5.41, 5.74) is 0. The van der Waals surface area contributed by atoms with Crippen molar-refractivity contribution in [1.29, 1.82) is 0 Å². The second-order valence-corrected chi connectivity index (χ2v) is 3.12. The van der Waals surface area contributed by atoms with Crippen LogP contribution < -0.4 is 10.6 Å². The molecular formula is C7H14N2. The van der Waals surface area contributed by atoms with Crippen LogP contribution in [-0.4, -0.2) is 25.2 Å². The first-order valence-corrected chi connectivity index (χ1v) is 3.92. The Labute approximate surface area is 56.0 Å². The Morgan fingerprint density at radius 1 is 0.889 bits per heavy atom. The van der Waals surface area contributed by atoms with Gasteiger partial charge in [0.2, 0.25) is 0 Å². The molecule has 0 aromatic heterocycles. The Bertz CT molecular complexity index is 77.6. The van der Waals surface area contributed by atoms with Gasteiger partial charge in [-0.05, 0) is 25.8 Å². The summed E-state index contributed by atoms with van der Waals surface area (Å²) in [6.07, 6.45) is 4.10. The normalized spacial score (nSPS) is 42.7. The molecule has 0 amide bonds. The predicted molar refractivity (Wildman–Crippen MR) is 37.4 cm³/mol. The molecule has 0 spiro atoms. The summed E-state index contributed by atoms with van der Waals surface area (Å²) in [6, 6.07) is 1.61. The maximum Gasteiger partial charge on any atom is 0.0193 e. The summed E-state index contributed by atoms with van der Waals surface area (Å²) in [6.45, 7) is 2.42. The van der Waals surface area contributed by atoms with Crippen LogP contribution >= 0.6 is 0 Å². The van der Waals surface area contributed by atoms with Gasteiger partial charge >= 0.3 is 0 Å². The molecule has 52 valence electrons. The van der Waals surface area contributed by atoms with Crippen molar-refractivity contribution in [2.75, 3.05) is 13.1 Å². The molecule has 2 heteroatoms. The lowest BCUT2D eigenvalue weighted by Crippen LogP contribution is -2.42. The number of nitrogens with one attached hydrogen (secondary N) is 2. The van der Waals surface area contributed by atoms with Crippen LogP contribution in [0.5, 0.6) is 0 Å². The van der Waals surface area contributed by atoms with Crippen LogP contribution in [0, 0.1) is 0 Å². The first-order valence-electron chi connectivity index (χ1n) is 3.92. The molecule has 2 N–H and O–H groups in total. The van der Waals surface area contributed by atoms with E-state index in [1.54, 1.807) is 0 Å². The molecule has 3 aliphatic heterocycles. The molecule has 2 unspecified atom stereocenters. The maximum absolute atomic E-state index is 3.52. The van der Waals surface area contributed by atoms with E-state index in [0.717, 1.165) is 12.1 Å². The second kappa shape index (κ2) is 2.27. The summed E-state index contributed by atoms with van der Waals surface area (Å²) in [5.74, 6) is 0. The summed E-state index contributed by atoms with van der Waals surface area (Å²) in [5, 5.41) is 7.03. The van der Waals surface area contributed by atoms with Gasteiger partial charge in [0.05, 0.1) is 0 Å². The van der Waals surface area contributed by atoms with Gasteiger partial charge in [-0.2, -0.15) is 0 Å². The van der Waals surface area contributed by atoms with Crippen LogP contribution in [0.2, 0.25) is 0 Å². The SMILES string of the molecule is C1CC2CCC(CN2)N1. The first kappa shape index (κ1) is 5.69. The van der Waals surface area contributed by atoms with Gasteiger partial charge in [0.15, 0.2) is 0 Å². The standard InChI is InChI=1S/C7H14N2/c1-2-7-5-9-6(1)3-4-8-7/h6-9H,1-5H2. The quantitative estimate of drug-likeness (QED) is 0.481. The van der Waals surface area contributed by atoms with Crippen LogP contribution in [0.4, 0.5) is 0 Å². The average Bonchev–Trinajstić information content (AvgIpc) is 2.21. The maximum atomic E-state index is 3.52. The van der Waals surface area contributed by atoms with Gasteiger partial charge in [-0.1, -0.05) is 0 Å². The van der Waals surface area contributed by atoms with Gasteiger partial charge in [-0.3, -0.25) is 0 Å². The zero-order valence-corrected chi connectivity index (χ0v) is 5.69. The zero-order chi connectivity index (χ0) is 6.10. The third-order valence-electron chi connectivity index (χ3n) is 2.44. The fraction of sp³-hybridized carbons (Fsp3) is 1.00. The van der Waals surface area contributed by atoms with Crippen LogP contribution in [0.3, 0.4) is 0 Å². The third-order valence-corrected chi connectivity index (χ3v) is 2.44. The van der Waals surface area contributed by atoms with E-state index in [-0.39, 0.29) is 0 Å². The highest BCUT2D eigenvalue weighted by Gasteiger charge is 2.23. The lowest BCUT2D eigenvalue weighted by molar-refractivity contribution is 0.380. The highest BCUT2D eigenvalue weighted by molar-refractivity contribution is 4.86. The van der Waals surface area contributed by atoms with Crippen molar-refractivity contribution in [3.8, 4) is 0 Å². The zero-order valence-electron chi connectivity index (χ0n) is 5.69. The largest absolute Gasteiger partial charge is 0.313 e. The number of hydrogen-bond donors (Lipinski definition) is 2. The van der Waals surface area contributed by atoms with Gasteiger partial charge in [-0.15, -0.1) is 0 Å². The molecule has 0 aliphatic carbocycles. The Balaban J connectivity index is 2.03. The molecule has 0 radical (unpaired) electrons. The molecule has 3 rings (SSSR count). The van der Waals surface area contributed by atoms with Crippen molar-refractivity contribution < 1.29 is 0 Å². The average molecular weight is 126 g/mol. The minimum absolute atomic E-state index is 0.781. The van der Waals surface area contributed by atoms with Crippen LogP contribution in [0.25, 0.3) is 0 Å². The molecule has 3 aliphatic rings. The molecular weight excluding hydrogens is 112 g/mol. The third kappa shape index (κ3) is 1.10. The van der Waals surface area contributed by atoms with Crippen molar-refractivity contribution in [3.63, 3.8) is 0 Å². The van der Waals surface area contributed by atoms with Crippen LogP contribution in [0.15, 0.2) is 0 Å². The highest BCUT2D eigenvalue weighted by Crippen LogP contribution is 2.13. The first-order chi connectivity index (χ1) is 4.45. The number of hydrogen-bond acceptors (Lipinski definition) is 2. The summed E-state index contributed by atoms with van der Waals surface area (Å²) in [7, 11) is 0. The molecule has 2 atom stereocenters. The van der Waals surface area contributed by atoms with E-state index in [9.17, 15) is 0 Å². The van der Waals surface area contributed by atoms with Gasteiger partial charge < -0.3 is 10.6 Å². The summed E-state index contributed by atoms with van der Waals surface area (Å²) >= 11 is 0. The summed E-state index contributed by atoms with van der Waals surface area (Å²) in [4.78, 5) is 0. The van der Waals surface area contributed by atoms with E-state index in [2.05, 4.69) is 10.6 Å². The van der Waals surface area contributed by atoms with Crippen molar-refractivity contribution in [1.82, 2.24) is 10.6 Å². The minimum atomic E-state index is 0.781. The second-order valence-electron chi connectivity index (χ2n) is 3.12. The highest BCUT2D eigenvalue weighted by atomic mass is 15.0. The van der Waals surface area contributed by atoms with Gasteiger partial charge in [0.25, 0.3) is 0 Å². The number of fused-ring (bicyclic) bond motifs is 4. The summed E-state index contributed by atoms with van der Waals surface area (Å²) < 4.78 is 0. The van der Waals surface area contributed by atoms with Crippen LogP contribution in [-0.2, 0) is 0 Å². The van der Waals surface area contributed by atoms with E-state index in [1.165, 1.54) is 32.4 Å². The molecule has 3 heterocycles. The lowest BCUT2D eigenvalue weighted by Gasteiger charge is -2.23. The van der Waals surface area contributed by atoms with Crippen molar-refractivity contribution >= 4 is 0 Å². The molecule has 0 aromatic rings. The van der Waals surface area contributed by atoms with Crippen molar-refractivity contribution in [2.24, 2.45) is 0 Å². The van der Waals surface area contributed by atoms with Crippen molar-refractivity contribution in [3.05, 3.63) is 0 Å². The van der Waals surface area contributed by atoms with E-state index >= 15 is 0 Å². The number of piperidine rings is 1. The monoisotopic (exact) mass is 126 g/mol. The Morgan fingerprint density at radius 2 is 1.78 bits per heavy atom. The van der Waals surface area contributed by atoms with E-state index in [0.29, 0.717) is 0 Å². The Hall–Kier alpha value is -0.0800. The minimum Gasteiger partial charge on any atom is -0.313 e. The topological polar surface area (TPSA) is 24.1 Å². The van der Waals surface area contributed by atoms with E-state index in [4.69, 9.17) is 0 Å². The lowest BCUT2D eigenvalue weighted by atomic mass is 10.0. The molecule has 3 fully saturated rings. The molecule has 3 saturated heterocycles. The van der Waals surface area contributed by atoms with Gasteiger partial charge in [0, 0.05) is 18.6 Å². The Morgan fingerprint density at radius 3 is 2.56 bits per heavy atom. The molecule has 2 nitrogen and oxygen atoms in total. The molecule has 0 aromatic carbocycles. The van der Waals surface area contributed by atoms with Crippen LogP contribution in [0.1, 0.15) is 19.3 Å². The molecule has 2 bridgehead atoms. The van der Waals surface area contributed by atoms with Gasteiger partial charge in [-0.25, -0.2) is 0 Å². The van der Waals surface area contributed by atoms with Crippen molar-refractivity contribution in [2.45, 2.75) is 31.3 Å². The Kier molecular flexibility index (Phi) is 1.44. The smallest absolute Gasteiger partial charge is 0.0193 e. The fourth-order valence-corrected chi connectivity index (χ4v) is 1.80. The van der Waals surface area contributed by atoms with E-state index in [1.807, 2.05) is 0 Å². The molecule has 9 heavy (non-hydrogen) atoms.